The molecular weight excluding hydrogens is 584 g/mol. The predicted molar refractivity (Wildman–Crippen MR) is 172 cm³/mol. The lowest BCUT2D eigenvalue weighted by Gasteiger charge is -2.41. The lowest BCUT2D eigenvalue weighted by atomic mass is 9.86. The van der Waals surface area contributed by atoms with Gasteiger partial charge in [-0.2, -0.15) is 0 Å². The highest BCUT2D eigenvalue weighted by molar-refractivity contribution is 5.84. The quantitative estimate of drug-likeness (QED) is 0.454. The van der Waals surface area contributed by atoms with E-state index in [4.69, 9.17) is 0 Å². The van der Waals surface area contributed by atoms with Gasteiger partial charge in [0.1, 0.15) is 0 Å². The largest absolute Gasteiger partial charge is 0.390 e. The fourth-order valence-electron chi connectivity index (χ4n) is 9.51. The van der Waals surface area contributed by atoms with Gasteiger partial charge in [0, 0.05) is 50.5 Å². The highest BCUT2D eigenvalue weighted by Gasteiger charge is 2.46. The van der Waals surface area contributed by atoms with Gasteiger partial charge in [0.2, 0.25) is 17.7 Å². The van der Waals surface area contributed by atoms with Crippen molar-refractivity contribution < 1.29 is 19.5 Å². The number of piperidine rings is 1. The highest BCUT2D eigenvalue weighted by atomic mass is 16.3. The van der Waals surface area contributed by atoms with Crippen molar-refractivity contribution in [3.63, 3.8) is 0 Å². The predicted octanol–water partition coefficient (Wildman–Crippen LogP) is 1.78. The fraction of sp³-hybridized carbons (Fsp3) is 0.853. The summed E-state index contributed by atoms with van der Waals surface area (Å²) in [7, 11) is 0. The summed E-state index contributed by atoms with van der Waals surface area (Å²) in [5, 5.41) is 26.3. The van der Waals surface area contributed by atoms with Crippen molar-refractivity contribution in [2.75, 3.05) is 26.2 Å². The average molecular weight is 639 g/mol. The molecule has 1 aromatic heterocycles. The van der Waals surface area contributed by atoms with Crippen molar-refractivity contribution in [3.8, 4) is 0 Å². The number of fused-ring (bicyclic) bond motifs is 8. The zero-order chi connectivity index (χ0) is 31.8. The molecule has 2 saturated carbocycles. The third-order valence-corrected chi connectivity index (χ3v) is 12.1. The summed E-state index contributed by atoms with van der Waals surface area (Å²) in [5.74, 6) is 0.510. The standard InChI is InChI=1S/C34H54N8O4/c1-22-31(43)18-32(44)36-24-16-30(40(19-24)26-9-5-6-10-26)34(46)39-13-11-27(12-14-39)41-21-28(17-29(41)33(45)35-22)42-20-25(37-38-42)15-23-7-3-2-4-8-23/h20,22-24,26-31,43H,2-19,21H2,1H3,(H,35,45)(H,36,44)/t22-,24+,28-,29-,30-,31-/m0/s1. The van der Waals surface area contributed by atoms with Crippen LogP contribution < -0.4 is 10.6 Å². The molecule has 1 aromatic rings. The van der Waals surface area contributed by atoms with E-state index in [-0.39, 0.29) is 54.4 Å². The topological polar surface area (TPSA) is 136 Å². The van der Waals surface area contributed by atoms with Crippen LogP contribution in [0.5, 0.6) is 0 Å². The molecule has 0 aromatic carbocycles. The first-order valence-corrected chi connectivity index (χ1v) is 18.3. The van der Waals surface area contributed by atoms with Gasteiger partial charge in [-0.05, 0) is 57.8 Å². The Kier molecular flexibility index (Phi) is 9.66. The van der Waals surface area contributed by atoms with E-state index < -0.39 is 12.1 Å². The summed E-state index contributed by atoms with van der Waals surface area (Å²) in [5.41, 5.74) is 1.04. The number of carbonyl (C=O) groups excluding carboxylic acids is 3. The summed E-state index contributed by atoms with van der Waals surface area (Å²) >= 11 is 0. The van der Waals surface area contributed by atoms with Crippen LogP contribution in [0.4, 0.5) is 0 Å². The van der Waals surface area contributed by atoms with Crippen LogP contribution in [0.1, 0.15) is 109 Å². The summed E-state index contributed by atoms with van der Waals surface area (Å²) in [6.45, 7) is 4.50. The normalized spacial score (nSPS) is 36.2. The Bertz CT molecular complexity index is 1240. The van der Waals surface area contributed by atoms with Gasteiger partial charge in [-0.25, -0.2) is 4.68 Å². The molecule has 7 aliphatic rings. The zero-order valence-corrected chi connectivity index (χ0v) is 27.6. The maximum absolute atomic E-state index is 14.0. The van der Waals surface area contributed by atoms with Crippen LogP contribution in [-0.4, -0.2) is 121 Å². The molecule has 6 atom stereocenters. The summed E-state index contributed by atoms with van der Waals surface area (Å²) in [4.78, 5) is 47.7. The molecule has 3 N–H and O–H groups in total. The Morgan fingerprint density at radius 1 is 0.826 bits per heavy atom. The Morgan fingerprint density at radius 3 is 2.28 bits per heavy atom. The van der Waals surface area contributed by atoms with Crippen LogP contribution in [0.15, 0.2) is 6.20 Å². The van der Waals surface area contributed by atoms with Gasteiger partial charge >= 0.3 is 0 Å². The van der Waals surface area contributed by atoms with Crippen molar-refractivity contribution in [1.29, 1.82) is 0 Å². The second-order valence-electron chi connectivity index (χ2n) is 15.3. The molecule has 4 bridgehead atoms. The first-order valence-electron chi connectivity index (χ1n) is 18.3. The van der Waals surface area contributed by atoms with Crippen LogP contribution in [0.25, 0.3) is 0 Å². The minimum absolute atomic E-state index is 0.0232. The molecule has 0 radical (unpaired) electrons. The Hall–Kier alpha value is -2.57. The second-order valence-corrected chi connectivity index (χ2v) is 15.3. The van der Waals surface area contributed by atoms with Gasteiger partial charge in [0.25, 0.3) is 0 Å². The zero-order valence-electron chi connectivity index (χ0n) is 27.6. The number of amides is 3. The van der Waals surface area contributed by atoms with Crippen molar-refractivity contribution >= 4 is 17.7 Å². The van der Waals surface area contributed by atoms with Crippen LogP contribution in [-0.2, 0) is 20.8 Å². The van der Waals surface area contributed by atoms with Crippen LogP contribution in [0.3, 0.4) is 0 Å². The summed E-state index contributed by atoms with van der Waals surface area (Å²) in [6.07, 6.45) is 15.9. The van der Waals surface area contributed by atoms with E-state index >= 15 is 0 Å². The maximum atomic E-state index is 14.0. The third kappa shape index (κ3) is 6.85. The molecule has 12 nitrogen and oxygen atoms in total. The number of hydrogen-bond acceptors (Lipinski definition) is 8. The van der Waals surface area contributed by atoms with Gasteiger partial charge in [0.05, 0.1) is 42.4 Å². The number of likely N-dealkylation sites (tertiary alicyclic amines) is 1. The van der Waals surface area contributed by atoms with Gasteiger partial charge in [-0.3, -0.25) is 24.2 Å². The van der Waals surface area contributed by atoms with E-state index in [0.717, 1.165) is 37.8 Å². The van der Waals surface area contributed by atoms with Crippen LogP contribution in [0.2, 0.25) is 0 Å². The van der Waals surface area contributed by atoms with Crippen molar-refractivity contribution in [2.45, 2.75) is 152 Å². The Labute approximate surface area is 273 Å². The monoisotopic (exact) mass is 638 g/mol. The minimum Gasteiger partial charge on any atom is -0.390 e. The Morgan fingerprint density at radius 2 is 1.52 bits per heavy atom. The third-order valence-electron chi connectivity index (χ3n) is 12.1. The van der Waals surface area contributed by atoms with Gasteiger partial charge in [-0.15, -0.1) is 5.10 Å². The van der Waals surface area contributed by atoms with Crippen LogP contribution >= 0.6 is 0 Å². The van der Waals surface area contributed by atoms with Crippen LogP contribution in [0, 0.1) is 5.92 Å². The first-order chi connectivity index (χ1) is 22.3. The molecule has 12 heteroatoms. The number of aliphatic hydroxyl groups is 1. The SMILES string of the molecule is C[C@@H]1NC(=O)[C@@H]2C[C@H](n3cc(CC4CCCCC4)nn3)CN2C2CCN(CC2)C(=O)[C@@H]2C[C@H](CN2C2CCCC2)NC(=O)C[C@@H]1O. The number of hydrogen-bond donors (Lipinski definition) is 3. The van der Waals surface area contributed by atoms with E-state index in [1.54, 1.807) is 6.92 Å². The maximum Gasteiger partial charge on any atom is 0.240 e. The Balaban J connectivity index is 1.09. The van der Waals surface area contributed by atoms with Gasteiger partial charge in [-0.1, -0.05) is 50.2 Å². The molecule has 8 rings (SSSR count). The van der Waals surface area contributed by atoms with E-state index in [2.05, 4.69) is 36.9 Å². The molecule has 6 heterocycles. The highest BCUT2D eigenvalue weighted by Crippen LogP contribution is 2.35. The molecule has 2 aliphatic carbocycles. The fourth-order valence-corrected chi connectivity index (χ4v) is 9.51. The molecule has 5 aliphatic heterocycles. The molecular formula is C34H54N8O4. The molecule has 3 amide bonds. The summed E-state index contributed by atoms with van der Waals surface area (Å²) < 4.78 is 1.97. The van der Waals surface area contributed by atoms with E-state index in [1.807, 2.05) is 9.58 Å². The lowest BCUT2D eigenvalue weighted by Crippen LogP contribution is -2.56. The smallest absolute Gasteiger partial charge is 0.240 e. The van der Waals surface area contributed by atoms with Crippen molar-refractivity contribution in [1.82, 2.24) is 40.3 Å². The number of carbonyl (C=O) groups is 3. The summed E-state index contributed by atoms with van der Waals surface area (Å²) in [6, 6.07) is -0.690. The number of nitrogens with zero attached hydrogens (tertiary/aromatic N) is 6. The second kappa shape index (κ2) is 13.9. The first kappa shape index (κ1) is 32.0. The molecule has 46 heavy (non-hydrogen) atoms. The number of rotatable bonds is 4. The van der Waals surface area contributed by atoms with Crippen molar-refractivity contribution in [2.24, 2.45) is 5.92 Å². The average Bonchev–Trinajstić information content (AvgIpc) is 3.87. The number of aliphatic hydroxyl groups excluding tert-OH is 1. The molecule has 254 valence electrons. The van der Waals surface area contributed by atoms with E-state index in [1.165, 1.54) is 44.9 Å². The van der Waals surface area contributed by atoms with Gasteiger partial charge < -0.3 is 20.6 Å². The molecule has 0 unspecified atom stereocenters. The number of nitrogens with one attached hydrogen (secondary N) is 2. The number of aromatic nitrogens is 3. The molecule has 7 fully saturated rings. The van der Waals surface area contributed by atoms with E-state index in [9.17, 15) is 19.5 Å². The molecule has 5 saturated heterocycles. The van der Waals surface area contributed by atoms with Crippen molar-refractivity contribution in [3.05, 3.63) is 11.9 Å². The lowest BCUT2D eigenvalue weighted by molar-refractivity contribution is -0.139. The van der Waals surface area contributed by atoms with Gasteiger partial charge in [0.15, 0.2) is 0 Å². The van der Waals surface area contributed by atoms with E-state index in [0.29, 0.717) is 51.0 Å². The molecule has 0 spiro atoms. The minimum atomic E-state index is -1.00.